The Morgan fingerprint density at radius 3 is 2.38 bits per heavy atom. The van der Waals surface area contributed by atoms with E-state index in [0.29, 0.717) is 40.0 Å². The number of hydrogen-bond donors (Lipinski definition) is 1. The second-order valence-corrected chi connectivity index (χ2v) is 9.26. The van der Waals surface area contributed by atoms with E-state index in [4.69, 9.17) is 9.15 Å². The summed E-state index contributed by atoms with van der Waals surface area (Å²) in [5.41, 5.74) is 0.727. The molecule has 0 unspecified atom stereocenters. The van der Waals surface area contributed by atoms with Gasteiger partial charge in [0.05, 0.1) is 5.41 Å². The van der Waals surface area contributed by atoms with E-state index in [9.17, 15) is 14.4 Å². The lowest BCUT2D eigenvalue weighted by molar-refractivity contribution is -0.172. The van der Waals surface area contributed by atoms with Gasteiger partial charge in [0.2, 0.25) is 5.91 Å². The van der Waals surface area contributed by atoms with Gasteiger partial charge in [0.1, 0.15) is 12.2 Å². The van der Waals surface area contributed by atoms with E-state index >= 15 is 0 Å². The SMILES string of the molecule is CC(=O)Nc1ccc2c(COC(=O)C34CC5CC(CC(C5)C3)C4)cc(=O)oc2c1. The van der Waals surface area contributed by atoms with Gasteiger partial charge in [0.15, 0.2) is 0 Å². The summed E-state index contributed by atoms with van der Waals surface area (Å²) in [5.74, 6) is 1.71. The normalized spacial score (nSPS) is 29.8. The monoisotopic (exact) mass is 395 g/mol. The predicted octanol–water partition coefficient (Wildman–Crippen LogP) is 4.01. The number of carbonyl (C=O) groups excluding carboxylic acids is 2. The number of benzene rings is 1. The van der Waals surface area contributed by atoms with Crippen molar-refractivity contribution in [2.75, 3.05) is 5.32 Å². The number of fused-ring (bicyclic) bond motifs is 1. The van der Waals surface area contributed by atoms with Crippen LogP contribution < -0.4 is 10.9 Å². The van der Waals surface area contributed by atoms with Crippen molar-refractivity contribution in [3.8, 4) is 0 Å². The third-order valence-corrected chi connectivity index (χ3v) is 6.98. The minimum Gasteiger partial charge on any atom is -0.460 e. The van der Waals surface area contributed by atoms with Gasteiger partial charge in [-0.1, -0.05) is 0 Å². The molecule has 29 heavy (non-hydrogen) atoms. The van der Waals surface area contributed by atoms with E-state index in [2.05, 4.69) is 5.32 Å². The van der Waals surface area contributed by atoms with E-state index in [-0.39, 0.29) is 23.9 Å². The highest BCUT2D eigenvalue weighted by Gasteiger charge is 2.55. The highest BCUT2D eigenvalue weighted by atomic mass is 16.5. The third kappa shape index (κ3) is 3.34. The van der Waals surface area contributed by atoms with Gasteiger partial charge in [-0.3, -0.25) is 9.59 Å². The molecular weight excluding hydrogens is 370 g/mol. The fourth-order valence-electron chi connectivity index (χ4n) is 6.29. The molecule has 1 N–H and O–H groups in total. The quantitative estimate of drug-likeness (QED) is 0.624. The summed E-state index contributed by atoms with van der Waals surface area (Å²) in [6.45, 7) is 1.48. The van der Waals surface area contributed by atoms with E-state index in [1.165, 1.54) is 32.3 Å². The lowest BCUT2D eigenvalue weighted by Gasteiger charge is -2.55. The van der Waals surface area contributed by atoms with Gasteiger partial charge in [-0.15, -0.1) is 0 Å². The molecule has 0 spiro atoms. The number of carbonyl (C=O) groups is 2. The zero-order valence-corrected chi connectivity index (χ0v) is 16.5. The summed E-state index contributed by atoms with van der Waals surface area (Å²) >= 11 is 0. The number of hydrogen-bond acceptors (Lipinski definition) is 5. The first-order chi connectivity index (χ1) is 13.9. The Morgan fingerprint density at radius 1 is 1.10 bits per heavy atom. The first-order valence-electron chi connectivity index (χ1n) is 10.4. The molecule has 0 aliphatic heterocycles. The van der Waals surface area contributed by atoms with Gasteiger partial charge in [-0.25, -0.2) is 4.79 Å². The molecule has 1 aromatic carbocycles. The van der Waals surface area contributed by atoms with Crippen LogP contribution in [-0.4, -0.2) is 11.9 Å². The summed E-state index contributed by atoms with van der Waals surface area (Å²) in [7, 11) is 0. The van der Waals surface area contributed by atoms with Crippen LogP contribution in [0.2, 0.25) is 0 Å². The van der Waals surface area contributed by atoms with Gasteiger partial charge in [0.25, 0.3) is 0 Å². The maximum atomic E-state index is 13.1. The van der Waals surface area contributed by atoms with Gasteiger partial charge in [-0.2, -0.15) is 0 Å². The summed E-state index contributed by atoms with van der Waals surface area (Å²) in [6, 6.07) is 6.52. The molecule has 6 rings (SSSR count). The minimum atomic E-state index is -0.502. The van der Waals surface area contributed by atoms with Crippen LogP contribution in [0.5, 0.6) is 0 Å². The molecule has 0 saturated heterocycles. The molecule has 4 saturated carbocycles. The fourth-order valence-corrected chi connectivity index (χ4v) is 6.29. The molecule has 4 fully saturated rings. The van der Waals surface area contributed by atoms with E-state index in [1.807, 2.05) is 0 Å². The van der Waals surface area contributed by atoms with Crippen LogP contribution in [-0.2, 0) is 20.9 Å². The van der Waals surface area contributed by atoms with Gasteiger partial charge in [-0.05, 0) is 68.4 Å². The molecule has 4 aliphatic carbocycles. The Morgan fingerprint density at radius 2 is 1.76 bits per heavy atom. The second-order valence-electron chi connectivity index (χ2n) is 9.26. The van der Waals surface area contributed by atoms with Gasteiger partial charge < -0.3 is 14.5 Å². The highest BCUT2D eigenvalue weighted by molar-refractivity contribution is 5.92. The molecule has 1 heterocycles. The van der Waals surface area contributed by atoms with Crippen molar-refractivity contribution in [1.29, 1.82) is 0 Å². The van der Waals surface area contributed by atoms with E-state index in [0.717, 1.165) is 19.3 Å². The summed E-state index contributed by atoms with van der Waals surface area (Å²) in [6.07, 6.45) is 6.68. The molecule has 2 aromatic rings. The van der Waals surface area contributed by atoms with Crippen molar-refractivity contribution in [2.24, 2.45) is 23.2 Å². The largest absolute Gasteiger partial charge is 0.460 e. The number of esters is 1. The topological polar surface area (TPSA) is 85.6 Å². The molecule has 4 bridgehead atoms. The van der Waals surface area contributed by atoms with Crippen molar-refractivity contribution < 1.29 is 18.7 Å². The van der Waals surface area contributed by atoms with Crippen LogP contribution in [0, 0.1) is 23.2 Å². The molecule has 1 aromatic heterocycles. The average molecular weight is 395 g/mol. The van der Waals surface area contributed by atoms with Crippen LogP contribution in [0.3, 0.4) is 0 Å². The first-order valence-corrected chi connectivity index (χ1v) is 10.4. The van der Waals surface area contributed by atoms with Crippen LogP contribution in [0.1, 0.15) is 51.0 Å². The fraction of sp³-hybridized carbons (Fsp3) is 0.522. The van der Waals surface area contributed by atoms with E-state index in [1.54, 1.807) is 18.2 Å². The van der Waals surface area contributed by atoms with Crippen molar-refractivity contribution in [3.63, 3.8) is 0 Å². The van der Waals surface area contributed by atoms with Crippen LogP contribution >= 0.6 is 0 Å². The number of nitrogens with one attached hydrogen (secondary N) is 1. The molecule has 6 nitrogen and oxygen atoms in total. The van der Waals surface area contributed by atoms with Crippen LogP contribution in [0.4, 0.5) is 5.69 Å². The number of ether oxygens (including phenoxy) is 1. The molecule has 152 valence electrons. The molecular formula is C23H25NO5. The summed E-state index contributed by atoms with van der Waals surface area (Å²) in [5, 5.41) is 3.38. The standard InChI is InChI=1S/C23H25NO5/c1-13(25)24-18-2-3-19-17(7-21(26)29-20(19)8-18)12-28-22(27)23-9-14-4-15(10-23)6-16(5-14)11-23/h2-3,7-8,14-16H,4-6,9-12H2,1H3,(H,24,25). The van der Waals surface area contributed by atoms with Crippen LogP contribution in [0.25, 0.3) is 11.0 Å². The van der Waals surface area contributed by atoms with Crippen molar-refractivity contribution in [2.45, 2.75) is 52.1 Å². The van der Waals surface area contributed by atoms with Gasteiger partial charge >= 0.3 is 11.6 Å². The summed E-state index contributed by atoms with van der Waals surface area (Å²) in [4.78, 5) is 36.4. The average Bonchev–Trinajstić information content (AvgIpc) is 2.63. The maximum Gasteiger partial charge on any atom is 0.336 e. The zero-order valence-electron chi connectivity index (χ0n) is 16.5. The lowest BCUT2D eigenvalue weighted by Crippen LogP contribution is -2.50. The minimum absolute atomic E-state index is 0.0577. The summed E-state index contributed by atoms with van der Waals surface area (Å²) < 4.78 is 11.1. The Bertz CT molecular complexity index is 1020. The molecule has 6 heteroatoms. The molecule has 4 aliphatic rings. The smallest absolute Gasteiger partial charge is 0.336 e. The number of anilines is 1. The predicted molar refractivity (Wildman–Crippen MR) is 107 cm³/mol. The molecule has 1 amide bonds. The second kappa shape index (κ2) is 6.71. The van der Waals surface area contributed by atoms with Crippen molar-refractivity contribution in [3.05, 3.63) is 40.2 Å². The first kappa shape index (κ1) is 18.4. The van der Waals surface area contributed by atoms with Crippen LogP contribution in [0.15, 0.2) is 33.5 Å². The zero-order chi connectivity index (χ0) is 20.2. The highest BCUT2D eigenvalue weighted by Crippen LogP contribution is 2.60. The Kier molecular flexibility index (Phi) is 4.26. The number of amides is 1. The van der Waals surface area contributed by atoms with Gasteiger partial charge in [0, 0.05) is 35.7 Å². The van der Waals surface area contributed by atoms with Crippen molar-refractivity contribution in [1.82, 2.24) is 0 Å². The maximum absolute atomic E-state index is 13.1. The Labute approximate surface area is 168 Å². The third-order valence-electron chi connectivity index (χ3n) is 6.98. The van der Waals surface area contributed by atoms with E-state index < -0.39 is 5.63 Å². The number of rotatable bonds is 4. The molecule has 0 radical (unpaired) electrons. The Hall–Kier alpha value is -2.63. The Balaban J connectivity index is 1.37. The molecule has 0 atom stereocenters. The lowest BCUT2D eigenvalue weighted by atomic mass is 9.49. The van der Waals surface area contributed by atoms with Crippen molar-refractivity contribution >= 4 is 28.5 Å².